The molecule has 6 nitrogen and oxygen atoms in total. The van der Waals surface area contributed by atoms with E-state index in [9.17, 15) is 4.79 Å². The predicted molar refractivity (Wildman–Crippen MR) is 102 cm³/mol. The van der Waals surface area contributed by atoms with E-state index in [-0.39, 0.29) is 12.1 Å². The number of ether oxygens (including phenoxy) is 2. The van der Waals surface area contributed by atoms with Crippen LogP contribution in [-0.4, -0.2) is 32.7 Å². The molecule has 3 aromatic rings. The van der Waals surface area contributed by atoms with Crippen molar-refractivity contribution in [3.8, 4) is 0 Å². The molecule has 0 spiro atoms. The largest absolute Gasteiger partial charge is 0.454 e. The fourth-order valence-electron chi connectivity index (χ4n) is 3.53. The van der Waals surface area contributed by atoms with Crippen molar-refractivity contribution in [3.63, 3.8) is 0 Å². The minimum absolute atomic E-state index is 0.0126. The zero-order chi connectivity index (χ0) is 19.0. The van der Waals surface area contributed by atoms with E-state index in [2.05, 4.69) is 16.9 Å². The summed E-state index contributed by atoms with van der Waals surface area (Å²) in [6.07, 6.45) is 3.98. The summed E-state index contributed by atoms with van der Waals surface area (Å²) < 4.78 is 13.9. The Morgan fingerprint density at radius 2 is 2.11 bits per heavy atom. The van der Waals surface area contributed by atoms with Gasteiger partial charge in [-0.1, -0.05) is 36.7 Å². The third kappa shape index (κ3) is 3.31. The molecule has 1 aliphatic rings. The van der Waals surface area contributed by atoms with Crippen molar-refractivity contribution in [1.29, 1.82) is 0 Å². The number of carbonyl (C=O) groups excluding carboxylic acids is 1. The van der Waals surface area contributed by atoms with Gasteiger partial charge in [0.15, 0.2) is 6.23 Å². The van der Waals surface area contributed by atoms with Crippen LogP contribution in [0.1, 0.15) is 41.9 Å². The van der Waals surface area contributed by atoms with Crippen LogP contribution in [-0.2, 0) is 9.47 Å². The summed E-state index contributed by atoms with van der Waals surface area (Å²) in [5.41, 5.74) is 2.15. The maximum Gasteiger partial charge on any atom is 0.338 e. The predicted octanol–water partition coefficient (Wildman–Crippen LogP) is 4.32. The van der Waals surface area contributed by atoms with E-state index in [0.717, 1.165) is 17.4 Å². The zero-order valence-corrected chi connectivity index (χ0v) is 15.9. The number of carbonyl (C=O) groups is 1. The number of hydrogen-bond donors (Lipinski definition) is 0. The molecule has 0 N–H and O–H groups in total. The first-order chi connectivity index (χ1) is 13.1. The highest BCUT2D eigenvalue weighted by atomic mass is 35.5. The van der Waals surface area contributed by atoms with Gasteiger partial charge in [-0.3, -0.25) is 0 Å². The summed E-state index contributed by atoms with van der Waals surface area (Å²) >= 11 is 6.25. The molecule has 0 aliphatic carbocycles. The maximum absolute atomic E-state index is 12.6. The second-order valence-corrected chi connectivity index (χ2v) is 7.04. The van der Waals surface area contributed by atoms with Crippen molar-refractivity contribution in [3.05, 3.63) is 59.1 Å². The van der Waals surface area contributed by atoms with Gasteiger partial charge >= 0.3 is 5.97 Å². The topological polar surface area (TPSA) is 66.2 Å². The van der Waals surface area contributed by atoms with E-state index in [4.69, 9.17) is 21.1 Å². The van der Waals surface area contributed by atoms with Crippen LogP contribution in [0.25, 0.3) is 11.0 Å². The number of benzene rings is 1. The maximum atomic E-state index is 12.6. The number of fused-ring (bicyclic) bond motifs is 1. The molecular formula is C20H20ClN3O3. The first-order valence-corrected chi connectivity index (χ1v) is 9.35. The van der Waals surface area contributed by atoms with Gasteiger partial charge in [0.25, 0.3) is 0 Å². The number of halogens is 1. The zero-order valence-electron chi connectivity index (χ0n) is 15.1. The van der Waals surface area contributed by atoms with Crippen molar-refractivity contribution in [2.45, 2.75) is 45.1 Å². The highest BCUT2D eigenvalue weighted by Gasteiger charge is 2.39. The molecule has 0 amide bonds. The van der Waals surface area contributed by atoms with E-state index >= 15 is 0 Å². The summed E-state index contributed by atoms with van der Waals surface area (Å²) in [6.45, 7) is 4.01. The molecule has 4 rings (SSSR count). The number of hydrogen-bond acceptors (Lipinski definition) is 5. The Kier molecular flexibility index (Phi) is 4.85. The Labute approximate surface area is 162 Å². The van der Waals surface area contributed by atoms with Gasteiger partial charge in [0, 0.05) is 12.6 Å². The van der Waals surface area contributed by atoms with Gasteiger partial charge in [-0.15, -0.1) is 0 Å². The molecule has 3 heterocycles. The van der Waals surface area contributed by atoms with Gasteiger partial charge in [0.05, 0.1) is 17.1 Å². The Balaban J connectivity index is 1.68. The standard InChI is InChI=1S/C20H20ClN3O3/c1-3-14-9-15(27-20(25)13-7-5-4-6-8-13)19(26-14)24-10-12(2)16-17(21)22-11-23-18(16)24/h4-8,10-11,14-15,19H,3,9H2,1-2H3/t14-,15-,19-/m1/s1. The molecule has 1 saturated heterocycles. The van der Waals surface area contributed by atoms with E-state index in [1.807, 2.05) is 35.9 Å². The van der Waals surface area contributed by atoms with Crippen LogP contribution in [0.15, 0.2) is 42.9 Å². The van der Waals surface area contributed by atoms with Crippen molar-refractivity contribution >= 4 is 28.6 Å². The van der Waals surface area contributed by atoms with Gasteiger partial charge in [-0.05, 0) is 31.0 Å². The SMILES string of the molecule is CC[C@@H]1C[C@@H](OC(=O)c2ccccc2)[C@H](n2cc(C)c3c(Cl)ncnc32)O1. The molecule has 0 radical (unpaired) electrons. The van der Waals surface area contributed by atoms with Crippen LogP contribution in [0.3, 0.4) is 0 Å². The van der Waals surface area contributed by atoms with E-state index < -0.39 is 12.3 Å². The Hall–Kier alpha value is -2.44. The van der Waals surface area contributed by atoms with Crippen molar-refractivity contribution < 1.29 is 14.3 Å². The Morgan fingerprint density at radius 1 is 1.33 bits per heavy atom. The summed E-state index contributed by atoms with van der Waals surface area (Å²) in [6, 6.07) is 8.98. The van der Waals surface area contributed by atoms with E-state index in [0.29, 0.717) is 22.8 Å². The van der Waals surface area contributed by atoms with Crippen LogP contribution < -0.4 is 0 Å². The molecule has 0 unspecified atom stereocenters. The minimum Gasteiger partial charge on any atom is -0.454 e. The second kappa shape index (κ2) is 7.29. The molecule has 2 aromatic heterocycles. The number of nitrogens with zero attached hydrogens (tertiary/aromatic N) is 3. The van der Waals surface area contributed by atoms with Crippen molar-refractivity contribution in [1.82, 2.24) is 14.5 Å². The molecule has 0 saturated carbocycles. The lowest BCUT2D eigenvalue weighted by Crippen LogP contribution is -2.25. The molecular weight excluding hydrogens is 366 g/mol. The van der Waals surface area contributed by atoms with Gasteiger partial charge < -0.3 is 14.0 Å². The fraction of sp³-hybridized carbons (Fsp3) is 0.350. The van der Waals surface area contributed by atoms with Crippen LogP contribution in [0.4, 0.5) is 0 Å². The molecule has 0 bridgehead atoms. The summed E-state index contributed by atoms with van der Waals surface area (Å²) in [4.78, 5) is 21.0. The average Bonchev–Trinajstić information content (AvgIpc) is 3.24. The van der Waals surface area contributed by atoms with Crippen molar-refractivity contribution in [2.24, 2.45) is 0 Å². The first kappa shape index (κ1) is 17.9. The lowest BCUT2D eigenvalue weighted by atomic mass is 10.1. The number of aromatic nitrogens is 3. The minimum atomic E-state index is -0.454. The molecule has 7 heteroatoms. The third-order valence-electron chi connectivity index (χ3n) is 4.90. The first-order valence-electron chi connectivity index (χ1n) is 8.97. The smallest absolute Gasteiger partial charge is 0.338 e. The normalized spacial score (nSPS) is 22.3. The third-order valence-corrected chi connectivity index (χ3v) is 5.18. The molecule has 140 valence electrons. The molecule has 1 fully saturated rings. The van der Waals surface area contributed by atoms with Crippen molar-refractivity contribution in [2.75, 3.05) is 0 Å². The van der Waals surface area contributed by atoms with Crippen LogP contribution in [0.5, 0.6) is 0 Å². The number of aryl methyl sites for hydroxylation is 1. The second-order valence-electron chi connectivity index (χ2n) is 6.68. The van der Waals surface area contributed by atoms with E-state index in [1.165, 1.54) is 6.33 Å². The monoisotopic (exact) mass is 385 g/mol. The van der Waals surface area contributed by atoms with Gasteiger partial charge in [-0.2, -0.15) is 0 Å². The van der Waals surface area contributed by atoms with Gasteiger partial charge in [0.2, 0.25) is 0 Å². The van der Waals surface area contributed by atoms with Crippen LogP contribution in [0.2, 0.25) is 5.15 Å². The molecule has 27 heavy (non-hydrogen) atoms. The number of esters is 1. The average molecular weight is 386 g/mol. The fourth-order valence-corrected chi connectivity index (χ4v) is 3.81. The van der Waals surface area contributed by atoms with E-state index in [1.54, 1.807) is 12.1 Å². The molecule has 1 aromatic carbocycles. The summed E-state index contributed by atoms with van der Waals surface area (Å²) in [7, 11) is 0. The Morgan fingerprint density at radius 3 is 2.85 bits per heavy atom. The van der Waals surface area contributed by atoms with Gasteiger partial charge in [-0.25, -0.2) is 14.8 Å². The van der Waals surface area contributed by atoms with Crippen LogP contribution >= 0.6 is 11.6 Å². The van der Waals surface area contributed by atoms with Gasteiger partial charge in [0.1, 0.15) is 23.2 Å². The summed E-state index contributed by atoms with van der Waals surface area (Å²) in [5, 5.41) is 1.19. The highest BCUT2D eigenvalue weighted by molar-refractivity contribution is 6.34. The number of rotatable bonds is 4. The van der Waals surface area contributed by atoms with Crippen LogP contribution in [0, 0.1) is 6.92 Å². The summed E-state index contributed by atoms with van der Waals surface area (Å²) in [5.74, 6) is -0.355. The highest BCUT2D eigenvalue weighted by Crippen LogP contribution is 2.37. The molecule has 1 aliphatic heterocycles. The lowest BCUT2D eigenvalue weighted by molar-refractivity contribution is -0.0465. The Bertz CT molecular complexity index is 973. The quantitative estimate of drug-likeness (QED) is 0.494. The lowest BCUT2D eigenvalue weighted by Gasteiger charge is -2.21. The molecule has 3 atom stereocenters.